The number of hydrogen-bond acceptors (Lipinski definition) is 5. The average Bonchev–Trinajstić information content (AvgIpc) is 2.01. The molecule has 0 saturated heterocycles. The molecule has 0 aromatic carbocycles. The Morgan fingerprint density at radius 3 is 2.29 bits per heavy atom. The summed E-state index contributed by atoms with van der Waals surface area (Å²) < 4.78 is 31.9. The van der Waals surface area contributed by atoms with E-state index in [4.69, 9.17) is 21.8 Å². The van der Waals surface area contributed by atoms with Gasteiger partial charge in [0.15, 0.2) is 10.3 Å². The van der Waals surface area contributed by atoms with E-state index in [1.807, 2.05) is 0 Å². The van der Waals surface area contributed by atoms with Gasteiger partial charge in [-0.15, -0.1) is 11.6 Å². The summed E-state index contributed by atoms with van der Waals surface area (Å²) in [6.07, 6.45) is -1.10. The van der Waals surface area contributed by atoms with Crippen LogP contribution in [0.3, 0.4) is 0 Å². The summed E-state index contributed by atoms with van der Waals surface area (Å²) in [6.45, 7) is -1.20. The number of aliphatic hydroxyl groups excluding tert-OH is 2. The third-order valence-electron chi connectivity index (χ3n) is 1.26. The van der Waals surface area contributed by atoms with Gasteiger partial charge in [0, 0.05) is 19.0 Å². The van der Waals surface area contributed by atoms with Crippen LogP contribution in [0.25, 0.3) is 0 Å². The Morgan fingerprint density at radius 1 is 1.50 bits per heavy atom. The molecule has 2 N–H and O–H groups in total. The van der Waals surface area contributed by atoms with Gasteiger partial charge in [-0.2, -0.15) is 0 Å². The molecule has 0 amide bonds. The van der Waals surface area contributed by atoms with E-state index in [1.54, 1.807) is 0 Å². The van der Waals surface area contributed by atoms with Gasteiger partial charge in [-0.1, -0.05) is 0 Å². The van der Waals surface area contributed by atoms with Gasteiger partial charge in [-0.05, 0) is 0 Å². The van der Waals surface area contributed by atoms with Crippen molar-refractivity contribution in [3.05, 3.63) is 0 Å². The summed E-state index contributed by atoms with van der Waals surface area (Å²) >= 11 is 5.21. The number of aliphatic hydroxyl groups is 2. The van der Waals surface area contributed by atoms with E-state index in [-0.39, 0.29) is 63.8 Å². The summed E-state index contributed by atoms with van der Waals surface area (Å²) in [7, 11) is -4.63. The van der Waals surface area contributed by atoms with Crippen molar-refractivity contribution in [2.75, 3.05) is 25.6 Å². The standard InChI is InChI=1S/C5H12ClNO5S.K/c6-3-5(9)4-7(1-2-8)13(10,11)12;/h5,8-9H,1-4H2,(H,10,11,12);/q;+1/p-1. The summed E-state index contributed by atoms with van der Waals surface area (Å²) in [5, 5.41) is 17.4. The van der Waals surface area contributed by atoms with Gasteiger partial charge >= 0.3 is 51.4 Å². The molecule has 80 valence electrons. The molecule has 1 unspecified atom stereocenters. The van der Waals surface area contributed by atoms with Gasteiger partial charge in [0.25, 0.3) is 0 Å². The third-order valence-corrected chi connectivity index (χ3v) is 2.58. The van der Waals surface area contributed by atoms with Crippen molar-refractivity contribution in [3.63, 3.8) is 0 Å². The Bertz CT molecular complexity index is 236. The fraction of sp³-hybridized carbons (Fsp3) is 1.00. The maximum Gasteiger partial charge on any atom is 1.00 e. The van der Waals surface area contributed by atoms with Crippen molar-refractivity contribution < 1.29 is 74.6 Å². The quantitative estimate of drug-likeness (QED) is 0.287. The SMILES string of the molecule is O=S(=O)([O-])N(CCO)CC(O)CCl.[K+]. The average molecular weight is 272 g/mol. The molecule has 0 aromatic heterocycles. The molecule has 6 nitrogen and oxygen atoms in total. The fourth-order valence-electron chi connectivity index (χ4n) is 0.690. The predicted octanol–water partition coefficient (Wildman–Crippen LogP) is -4.66. The molecule has 0 radical (unpaired) electrons. The molecule has 0 bridgehead atoms. The monoisotopic (exact) mass is 271 g/mol. The molecule has 0 heterocycles. The molecule has 0 aliphatic heterocycles. The van der Waals surface area contributed by atoms with Crippen LogP contribution in [0, 0.1) is 0 Å². The largest absolute Gasteiger partial charge is 1.00 e. The van der Waals surface area contributed by atoms with Gasteiger partial charge in [0.1, 0.15) is 0 Å². The van der Waals surface area contributed by atoms with E-state index in [0.29, 0.717) is 4.31 Å². The summed E-state index contributed by atoms with van der Waals surface area (Å²) in [6, 6.07) is 0. The molecule has 0 aromatic rings. The molecule has 1 atom stereocenters. The molecule has 14 heavy (non-hydrogen) atoms. The van der Waals surface area contributed by atoms with Crippen molar-refractivity contribution in [2.45, 2.75) is 6.10 Å². The maximum atomic E-state index is 10.5. The van der Waals surface area contributed by atoms with E-state index in [2.05, 4.69) is 0 Å². The van der Waals surface area contributed by atoms with Gasteiger partial charge in [0.05, 0.1) is 12.7 Å². The van der Waals surface area contributed by atoms with Crippen LogP contribution in [-0.2, 0) is 10.3 Å². The minimum absolute atomic E-state index is 0. The van der Waals surface area contributed by atoms with Gasteiger partial charge in [0.2, 0.25) is 0 Å². The third kappa shape index (κ3) is 7.94. The van der Waals surface area contributed by atoms with Gasteiger partial charge in [-0.3, -0.25) is 0 Å². The van der Waals surface area contributed by atoms with Crippen molar-refractivity contribution in [2.24, 2.45) is 0 Å². The van der Waals surface area contributed by atoms with Crippen LogP contribution in [0.5, 0.6) is 0 Å². The van der Waals surface area contributed by atoms with Gasteiger partial charge < -0.3 is 14.8 Å². The Labute approximate surface area is 131 Å². The molecule has 0 rings (SSSR count). The number of nitrogens with zero attached hydrogens (tertiary/aromatic N) is 1. The zero-order chi connectivity index (χ0) is 10.5. The number of halogens is 1. The van der Waals surface area contributed by atoms with Crippen LogP contribution in [0.15, 0.2) is 0 Å². The van der Waals surface area contributed by atoms with Crippen LogP contribution in [-0.4, -0.2) is 59.2 Å². The second-order valence-corrected chi connectivity index (χ2v) is 4.03. The molecule has 9 heteroatoms. The first kappa shape index (κ1) is 18.1. The van der Waals surface area contributed by atoms with Crippen molar-refractivity contribution in [3.8, 4) is 0 Å². The molecular weight excluding hydrogens is 261 g/mol. The zero-order valence-corrected chi connectivity index (χ0v) is 12.5. The first-order valence-corrected chi connectivity index (χ1v) is 5.37. The molecule has 0 fully saturated rings. The Kier molecular flexibility index (Phi) is 11.4. The van der Waals surface area contributed by atoms with Crippen LogP contribution < -0.4 is 51.4 Å². The van der Waals surface area contributed by atoms with Crippen molar-refractivity contribution in [1.82, 2.24) is 4.31 Å². The Balaban J connectivity index is 0. The topological polar surface area (TPSA) is 101 Å². The van der Waals surface area contributed by atoms with Gasteiger partial charge in [-0.25, -0.2) is 12.7 Å². The first-order chi connectivity index (χ1) is 5.91. The van der Waals surface area contributed by atoms with Crippen LogP contribution in [0.2, 0.25) is 0 Å². The Morgan fingerprint density at radius 2 is 2.00 bits per heavy atom. The van der Waals surface area contributed by atoms with E-state index in [1.165, 1.54) is 0 Å². The van der Waals surface area contributed by atoms with E-state index in [9.17, 15) is 13.0 Å². The fourth-order valence-corrected chi connectivity index (χ4v) is 1.45. The maximum absolute atomic E-state index is 10.5. The summed E-state index contributed by atoms with van der Waals surface area (Å²) in [5.74, 6) is -0.169. The van der Waals surface area contributed by atoms with Crippen LogP contribution >= 0.6 is 11.6 Å². The molecule has 0 aliphatic rings. The molecule has 0 spiro atoms. The first-order valence-electron chi connectivity index (χ1n) is 3.47. The van der Waals surface area contributed by atoms with Crippen LogP contribution in [0.4, 0.5) is 0 Å². The van der Waals surface area contributed by atoms with E-state index < -0.39 is 29.6 Å². The minimum Gasteiger partial charge on any atom is -0.735 e. The summed E-state index contributed by atoms with van der Waals surface area (Å²) in [5.41, 5.74) is 0. The smallest absolute Gasteiger partial charge is 0.735 e. The second kappa shape index (κ2) is 8.82. The second-order valence-electron chi connectivity index (χ2n) is 2.35. The number of rotatable bonds is 6. The molecule has 0 saturated carbocycles. The minimum atomic E-state index is -4.63. The van der Waals surface area contributed by atoms with E-state index >= 15 is 0 Å². The normalized spacial score (nSPS) is 13.8. The molecule has 0 aliphatic carbocycles. The zero-order valence-electron chi connectivity index (χ0n) is 7.76. The van der Waals surface area contributed by atoms with Crippen molar-refractivity contribution in [1.29, 1.82) is 0 Å². The number of hydrogen-bond donors (Lipinski definition) is 2. The van der Waals surface area contributed by atoms with E-state index in [0.717, 1.165) is 0 Å². The Hall–Kier alpha value is 1.72. The van der Waals surface area contributed by atoms with Crippen LogP contribution in [0.1, 0.15) is 0 Å². The number of alkyl halides is 1. The predicted molar refractivity (Wildman–Crippen MR) is 45.1 cm³/mol. The molecular formula is C5H11ClKNO5S. The van der Waals surface area contributed by atoms with Crippen molar-refractivity contribution >= 4 is 21.9 Å². The summed E-state index contributed by atoms with van der Waals surface area (Å²) in [4.78, 5) is 0.